The van der Waals surface area contributed by atoms with E-state index in [2.05, 4.69) is 21.3 Å². The lowest BCUT2D eigenvalue weighted by Gasteiger charge is -2.25. The summed E-state index contributed by atoms with van der Waals surface area (Å²) in [4.78, 5) is 51.9. The van der Waals surface area contributed by atoms with Gasteiger partial charge in [-0.25, -0.2) is 9.59 Å². The Bertz CT molecular complexity index is 1260. The maximum Gasteiger partial charge on any atom is 0.408 e. The predicted octanol–water partition coefficient (Wildman–Crippen LogP) is 4.09. The molecule has 0 aliphatic heterocycles. The second kappa shape index (κ2) is 15.0. The molecule has 2 aromatic carbocycles. The quantitative estimate of drug-likeness (QED) is 0.213. The van der Waals surface area contributed by atoms with Crippen LogP contribution in [0, 0.1) is 27.7 Å². The van der Waals surface area contributed by atoms with Gasteiger partial charge in [-0.2, -0.15) is 0 Å². The molecule has 12 heteroatoms. The van der Waals surface area contributed by atoms with Crippen LogP contribution in [0.2, 0.25) is 0 Å². The van der Waals surface area contributed by atoms with Crippen LogP contribution in [-0.2, 0) is 31.9 Å². The van der Waals surface area contributed by atoms with Crippen molar-refractivity contribution in [3.8, 4) is 11.5 Å². The summed E-state index contributed by atoms with van der Waals surface area (Å²) in [6, 6.07) is 4.13. The number of aryl methyl sites for hydroxylation is 4. The van der Waals surface area contributed by atoms with Crippen LogP contribution in [-0.4, -0.2) is 64.2 Å². The maximum atomic E-state index is 13.3. The van der Waals surface area contributed by atoms with E-state index in [0.29, 0.717) is 0 Å². The second-order valence-corrected chi connectivity index (χ2v) is 13.2. The second-order valence-electron chi connectivity index (χ2n) is 13.2. The van der Waals surface area contributed by atoms with Gasteiger partial charge in [0.15, 0.2) is 0 Å². The van der Waals surface area contributed by atoms with Gasteiger partial charge < -0.3 is 41.0 Å². The van der Waals surface area contributed by atoms with Crippen LogP contribution in [0.4, 0.5) is 9.59 Å². The van der Waals surface area contributed by atoms with Crippen molar-refractivity contribution < 1.29 is 38.9 Å². The van der Waals surface area contributed by atoms with E-state index in [0.717, 1.165) is 33.4 Å². The molecule has 0 fully saturated rings. The number of amides is 4. The van der Waals surface area contributed by atoms with E-state index in [4.69, 9.17) is 9.47 Å². The topological polar surface area (TPSA) is 175 Å². The Balaban J connectivity index is 2.22. The zero-order chi connectivity index (χ0) is 34.3. The third-order valence-electron chi connectivity index (χ3n) is 6.72. The van der Waals surface area contributed by atoms with Gasteiger partial charge in [-0.05, 0) is 127 Å². The first-order chi connectivity index (χ1) is 20.6. The van der Waals surface area contributed by atoms with E-state index in [9.17, 15) is 29.4 Å². The molecule has 6 N–H and O–H groups in total. The molecule has 0 radical (unpaired) electrons. The fraction of sp³-hybridized carbons (Fsp3) is 0.515. The molecule has 2 aromatic rings. The van der Waals surface area contributed by atoms with E-state index in [1.807, 2.05) is 0 Å². The lowest BCUT2D eigenvalue weighted by atomic mass is 9.95. The van der Waals surface area contributed by atoms with Crippen LogP contribution < -0.4 is 21.3 Å². The Kier molecular flexibility index (Phi) is 12.2. The summed E-state index contributed by atoms with van der Waals surface area (Å²) in [5.74, 6) is -1.00. The number of nitrogens with one attached hydrogen (secondary N) is 4. The Labute approximate surface area is 265 Å². The molecule has 2 rings (SSSR count). The third-order valence-corrected chi connectivity index (χ3v) is 6.72. The van der Waals surface area contributed by atoms with Crippen molar-refractivity contribution in [3.63, 3.8) is 0 Å². The maximum absolute atomic E-state index is 13.3. The van der Waals surface area contributed by atoms with Crippen LogP contribution in [0.25, 0.3) is 0 Å². The van der Waals surface area contributed by atoms with Gasteiger partial charge in [0, 0.05) is 12.8 Å². The first-order valence-corrected chi connectivity index (χ1v) is 14.8. The van der Waals surface area contributed by atoms with Gasteiger partial charge >= 0.3 is 12.2 Å². The largest absolute Gasteiger partial charge is 0.508 e. The zero-order valence-corrected chi connectivity index (χ0v) is 27.9. The lowest BCUT2D eigenvalue weighted by Crippen LogP contribution is -2.54. The summed E-state index contributed by atoms with van der Waals surface area (Å²) in [6.07, 6.45) is -1.39. The Hall–Kier alpha value is -4.48. The minimum atomic E-state index is -1.07. The molecule has 0 saturated carbocycles. The highest BCUT2D eigenvalue weighted by atomic mass is 16.6. The molecule has 12 nitrogen and oxygen atoms in total. The number of hydrogen-bond donors (Lipinski definition) is 6. The standard InChI is InChI=1S/C33H48N4O8/c1-18-11-22(38)12-19(2)24(18)15-26(36-30(42)44-32(5,6)7)28(40)34-17-35-29(41)27(37-31(43)45-33(8,9)10)16-25-20(3)13-23(39)14-21(25)4/h11-14,26-27,38-39H,15-17H2,1-10H3,(H,34,40)(H,35,41)(H,36,42)(H,37,43). The Morgan fingerprint density at radius 3 is 1.18 bits per heavy atom. The van der Waals surface area contributed by atoms with E-state index in [-0.39, 0.29) is 31.0 Å². The number of hydrogen-bond acceptors (Lipinski definition) is 8. The van der Waals surface area contributed by atoms with Crippen molar-refractivity contribution >= 4 is 24.0 Å². The summed E-state index contributed by atoms with van der Waals surface area (Å²) < 4.78 is 10.7. The smallest absolute Gasteiger partial charge is 0.408 e. The van der Waals surface area contributed by atoms with Crippen LogP contribution in [0.5, 0.6) is 11.5 Å². The normalized spacial score (nSPS) is 12.8. The minimum Gasteiger partial charge on any atom is -0.508 e. The molecule has 0 bridgehead atoms. The average molecular weight is 629 g/mol. The van der Waals surface area contributed by atoms with Crippen molar-refractivity contribution in [1.29, 1.82) is 0 Å². The molecule has 45 heavy (non-hydrogen) atoms. The monoisotopic (exact) mass is 628 g/mol. The van der Waals surface area contributed by atoms with Gasteiger partial charge in [0.05, 0.1) is 6.67 Å². The van der Waals surface area contributed by atoms with Crippen LogP contribution in [0.15, 0.2) is 24.3 Å². The van der Waals surface area contributed by atoms with Crippen molar-refractivity contribution in [1.82, 2.24) is 21.3 Å². The van der Waals surface area contributed by atoms with E-state index < -0.39 is 47.3 Å². The molecular formula is C33H48N4O8. The molecule has 0 spiro atoms. The number of alkyl carbamates (subject to hydrolysis) is 2. The van der Waals surface area contributed by atoms with Gasteiger partial charge in [-0.1, -0.05) is 0 Å². The molecule has 2 atom stereocenters. The molecule has 248 valence electrons. The van der Waals surface area contributed by atoms with Gasteiger partial charge in [0.2, 0.25) is 11.8 Å². The first-order valence-electron chi connectivity index (χ1n) is 14.8. The summed E-state index contributed by atoms with van der Waals surface area (Å²) >= 11 is 0. The highest BCUT2D eigenvalue weighted by Gasteiger charge is 2.28. The highest BCUT2D eigenvalue weighted by molar-refractivity contribution is 5.88. The summed E-state index contributed by atoms with van der Waals surface area (Å²) in [6.45, 7) is 17.1. The fourth-order valence-corrected chi connectivity index (χ4v) is 4.78. The number of carbonyl (C=O) groups excluding carboxylic acids is 4. The van der Waals surface area contributed by atoms with Gasteiger partial charge in [0.1, 0.15) is 34.8 Å². The first kappa shape index (κ1) is 36.7. The number of ether oxygens (including phenoxy) is 2. The number of carbonyl (C=O) groups is 4. The minimum absolute atomic E-state index is 0.0878. The number of rotatable bonds is 10. The average Bonchev–Trinajstić information content (AvgIpc) is 2.84. The molecule has 0 aromatic heterocycles. The molecule has 0 aliphatic rings. The number of benzene rings is 2. The van der Waals surface area contributed by atoms with E-state index in [1.165, 1.54) is 0 Å². The van der Waals surface area contributed by atoms with E-state index >= 15 is 0 Å². The summed E-state index contributed by atoms with van der Waals surface area (Å²) in [7, 11) is 0. The molecule has 4 amide bonds. The van der Waals surface area contributed by atoms with Crippen molar-refractivity contribution in [2.45, 2.75) is 105 Å². The molecular weight excluding hydrogens is 580 g/mol. The lowest BCUT2D eigenvalue weighted by molar-refractivity contribution is -0.125. The van der Waals surface area contributed by atoms with Crippen LogP contribution in [0.3, 0.4) is 0 Å². The van der Waals surface area contributed by atoms with Gasteiger partial charge in [-0.3, -0.25) is 9.59 Å². The fourth-order valence-electron chi connectivity index (χ4n) is 4.78. The van der Waals surface area contributed by atoms with Crippen molar-refractivity contribution in [3.05, 3.63) is 57.6 Å². The van der Waals surface area contributed by atoms with Gasteiger partial charge in [-0.15, -0.1) is 0 Å². The zero-order valence-electron chi connectivity index (χ0n) is 27.9. The third kappa shape index (κ3) is 12.2. The van der Waals surface area contributed by atoms with Crippen molar-refractivity contribution in [2.75, 3.05) is 6.67 Å². The highest BCUT2D eigenvalue weighted by Crippen LogP contribution is 2.23. The summed E-state index contributed by atoms with van der Waals surface area (Å²) in [5.41, 5.74) is 2.87. The molecule has 0 aliphatic carbocycles. The number of phenols is 2. The number of phenolic OH excluding ortho intramolecular Hbond substituents is 2. The van der Waals surface area contributed by atoms with Crippen LogP contribution >= 0.6 is 0 Å². The number of aromatic hydroxyl groups is 2. The molecule has 2 unspecified atom stereocenters. The summed E-state index contributed by atoms with van der Waals surface area (Å²) in [5, 5.41) is 30.3. The van der Waals surface area contributed by atoms with Crippen LogP contribution in [0.1, 0.15) is 74.9 Å². The van der Waals surface area contributed by atoms with Gasteiger partial charge in [0.25, 0.3) is 0 Å². The molecule has 0 saturated heterocycles. The Morgan fingerprint density at radius 1 is 0.622 bits per heavy atom. The van der Waals surface area contributed by atoms with E-state index in [1.54, 1.807) is 93.5 Å². The predicted molar refractivity (Wildman–Crippen MR) is 170 cm³/mol. The SMILES string of the molecule is Cc1cc(O)cc(C)c1CC(NC(=O)OC(C)(C)C)C(=O)NCNC(=O)C(Cc1c(C)cc(O)cc1C)NC(=O)OC(C)(C)C. The van der Waals surface area contributed by atoms with Crippen molar-refractivity contribution in [2.24, 2.45) is 0 Å². The Morgan fingerprint density at radius 2 is 0.911 bits per heavy atom. The molecule has 0 heterocycles.